The van der Waals surface area contributed by atoms with Crippen molar-refractivity contribution >= 4 is 17.8 Å². The summed E-state index contributed by atoms with van der Waals surface area (Å²) in [6, 6.07) is 8.03. The predicted molar refractivity (Wildman–Crippen MR) is 68.3 cm³/mol. The molecule has 0 unspecified atom stereocenters. The van der Waals surface area contributed by atoms with Gasteiger partial charge in [0, 0.05) is 5.97 Å². The Balaban J connectivity index is 2.57. The lowest BCUT2D eigenvalue weighted by Gasteiger charge is -2.16. The van der Waals surface area contributed by atoms with Crippen LogP contribution in [0.25, 0.3) is 0 Å². The lowest BCUT2D eigenvalue weighted by atomic mass is 10.1. The Kier molecular flexibility index (Phi) is 6.22. The average molecular weight is 278 g/mol. The first kappa shape index (κ1) is 15.7. The molecule has 0 aliphatic heterocycles. The molecule has 1 N–H and O–H groups in total. The number of rotatable bonds is 7. The molecule has 0 bridgehead atoms. The summed E-state index contributed by atoms with van der Waals surface area (Å²) < 4.78 is 4.53. The van der Waals surface area contributed by atoms with Crippen LogP contribution < -0.4 is 10.4 Å². The minimum Gasteiger partial charge on any atom is -0.550 e. The van der Waals surface area contributed by atoms with Crippen molar-refractivity contribution in [3.8, 4) is 0 Å². The van der Waals surface area contributed by atoms with Crippen molar-refractivity contribution in [3.05, 3.63) is 35.9 Å². The number of ether oxygens (including phenoxy) is 1. The number of carbonyl (C=O) groups is 3. The quantitative estimate of drug-likeness (QED) is 0.673. The fourth-order valence-corrected chi connectivity index (χ4v) is 1.68. The summed E-state index contributed by atoms with van der Waals surface area (Å²) in [7, 11) is 1.18. The molecule has 0 aliphatic carbocycles. The van der Waals surface area contributed by atoms with E-state index in [0.717, 1.165) is 5.56 Å². The number of amides is 1. The minimum atomic E-state index is -1.28. The van der Waals surface area contributed by atoms with E-state index >= 15 is 0 Å². The van der Waals surface area contributed by atoms with E-state index in [0.29, 0.717) is 0 Å². The number of carboxylic acids is 1. The Morgan fingerprint density at radius 2 is 1.90 bits per heavy atom. The molecule has 1 rings (SSSR count). The maximum Gasteiger partial charge on any atom is 0.328 e. The van der Waals surface area contributed by atoms with Crippen LogP contribution in [0.3, 0.4) is 0 Å². The van der Waals surface area contributed by atoms with E-state index in [1.807, 2.05) is 6.07 Å². The molecule has 0 heterocycles. The van der Waals surface area contributed by atoms with Gasteiger partial charge in [-0.3, -0.25) is 4.79 Å². The molecule has 6 heteroatoms. The van der Waals surface area contributed by atoms with Crippen LogP contribution >= 0.6 is 0 Å². The predicted octanol–water partition coefficient (Wildman–Crippen LogP) is -0.583. The van der Waals surface area contributed by atoms with Crippen LogP contribution in [-0.4, -0.2) is 31.0 Å². The second-order valence-corrected chi connectivity index (χ2v) is 4.22. The van der Waals surface area contributed by atoms with Crippen molar-refractivity contribution in [1.82, 2.24) is 5.32 Å². The second kappa shape index (κ2) is 7.93. The third-order valence-electron chi connectivity index (χ3n) is 2.67. The van der Waals surface area contributed by atoms with Gasteiger partial charge in [0.1, 0.15) is 6.04 Å². The van der Waals surface area contributed by atoms with Gasteiger partial charge in [-0.25, -0.2) is 4.79 Å². The van der Waals surface area contributed by atoms with Gasteiger partial charge >= 0.3 is 5.97 Å². The monoisotopic (exact) mass is 278 g/mol. The highest BCUT2D eigenvalue weighted by molar-refractivity contribution is 5.85. The maximum atomic E-state index is 11.8. The molecular weight excluding hydrogens is 262 g/mol. The number of hydrogen-bond donors (Lipinski definition) is 1. The highest BCUT2D eigenvalue weighted by Crippen LogP contribution is 2.03. The molecule has 1 aromatic carbocycles. The molecule has 0 radical (unpaired) electrons. The molecule has 0 saturated heterocycles. The van der Waals surface area contributed by atoms with E-state index in [1.54, 1.807) is 24.3 Å². The van der Waals surface area contributed by atoms with Crippen molar-refractivity contribution < 1.29 is 24.2 Å². The van der Waals surface area contributed by atoms with E-state index in [1.165, 1.54) is 7.11 Å². The van der Waals surface area contributed by atoms with Crippen molar-refractivity contribution in [2.24, 2.45) is 0 Å². The summed E-state index contributed by atoms with van der Waals surface area (Å²) in [4.78, 5) is 33.7. The third-order valence-corrected chi connectivity index (χ3v) is 2.67. The number of methoxy groups -OCH3 is 1. The number of aliphatic carboxylic acids is 1. The first-order valence-electron chi connectivity index (χ1n) is 6.14. The van der Waals surface area contributed by atoms with Gasteiger partial charge in [0.05, 0.1) is 13.5 Å². The summed E-state index contributed by atoms with van der Waals surface area (Å²) in [5, 5.41) is 12.9. The maximum absolute atomic E-state index is 11.8. The molecule has 1 aromatic rings. The number of hydrogen-bond acceptors (Lipinski definition) is 5. The molecular formula is C14H16NO5-. The van der Waals surface area contributed by atoms with E-state index in [9.17, 15) is 19.5 Å². The van der Waals surface area contributed by atoms with Crippen LogP contribution in [0.1, 0.15) is 18.4 Å². The molecule has 20 heavy (non-hydrogen) atoms. The van der Waals surface area contributed by atoms with Gasteiger partial charge in [-0.1, -0.05) is 30.3 Å². The van der Waals surface area contributed by atoms with Gasteiger partial charge in [-0.05, 0) is 18.4 Å². The Morgan fingerprint density at radius 1 is 1.25 bits per heavy atom. The van der Waals surface area contributed by atoms with Gasteiger partial charge < -0.3 is 20.0 Å². The normalized spacial score (nSPS) is 11.4. The van der Waals surface area contributed by atoms with E-state index < -0.39 is 18.0 Å². The zero-order valence-electron chi connectivity index (χ0n) is 11.1. The second-order valence-electron chi connectivity index (χ2n) is 4.22. The molecule has 0 spiro atoms. The lowest BCUT2D eigenvalue weighted by Crippen LogP contribution is -2.43. The molecule has 0 saturated carbocycles. The molecule has 1 atom stereocenters. The first-order valence-corrected chi connectivity index (χ1v) is 6.14. The summed E-state index contributed by atoms with van der Waals surface area (Å²) in [6.45, 7) is 0. The van der Waals surface area contributed by atoms with Crippen LogP contribution in [0.2, 0.25) is 0 Å². The lowest BCUT2D eigenvalue weighted by molar-refractivity contribution is -0.305. The number of benzene rings is 1. The van der Waals surface area contributed by atoms with Crippen molar-refractivity contribution in [2.75, 3.05) is 7.11 Å². The minimum absolute atomic E-state index is 0.0600. The summed E-state index contributed by atoms with van der Waals surface area (Å²) in [5.74, 6) is -2.33. The van der Waals surface area contributed by atoms with E-state index in [4.69, 9.17) is 0 Å². The van der Waals surface area contributed by atoms with E-state index in [-0.39, 0.29) is 25.2 Å². The number of nitrogens with one attached hydrogen (secondary N) is 1. The molecule has 0 aliphatic rings. The number of carbonyl (C=O) groups excluding carboxylic acids is 3. The smallest absolute Gasteiger partial charge is 0.328 e. The average Bonchev–Trinajstić information content (AvgIpc) is 2.43. The van der Waals surface area contributed by atoms with Crippen molar-refractivity contribution in [3.63, 3.8) is 0 Å². The third kappa shape index (κ3) is 5.51. The molecule has 0 aromatic heterocycles. The van der Waals surface area contributed by atoms with Crippen LogP contribution in [0.4, 0.5) is 0 Å². The summed E-state index contributed by atoms with van der Waals surface area (Å²) >= 11 is 0. The molecule has 1 amide bonds. The topological polar surface area (TPSA) is 95.5 Å². The van der Waals surface area contributed by atoms with Gasteiger partial charge in [0.2, 0.25) is 5.91 Å². The Hall–Kier alpha value is -2.37. The van der Waals surface area contributed by atoms with Crippen molar-refractivity contribution in [2.45, 2.75) is 25.3 Å². The van der Waals surface area contributed by atoms with Crippen LogP contribution in [-0.2, 0) is 25.5 Å². The fraction of sp³-hybridized carbons (Fsp3) is 0.357. The fourth-order valence-electron chi connectivity index (χ4n) is 1.68. The van der Waals surface area contributed by atoms with Crippen LogP contribution in [0, 0.1) is 0 Å². The van der Waals surface area contributed by atoms with Gasteiger partial charge in [0.15, 0.2) is 0 Å². The number of carboxylic acid groups (broad SMARTS) is 1. The highest BCUT2D eigenvalue weighted by atomic mass is 16.5. The molecule has 0 fully saturated rings. The zero-order chi connectivity index (χ0) is 15.0. The SMILES string of the molecule is COC(=O)[C@H](CCC(=O)[O-])NC(=O)Cc1ccccc1. The first-order chi connectivity index (χ1) is 9.52. The summed E-state index contributed by atoms with van der Waals surface area (Å²) in [6.07, 6.45) is -0.277. The van der Waals surface area contributed by atoms with Gasteiger partial charge in [-0.15, -0.1) is 0 Å². The van der Waals surface area contributed by atoms with Crippen molar-refractivity contribution in [1.29, 1.82) is 0 Å². The molecule has 108 valence electrons. The van der Waals surface area contributed by atoms with Gasteiger partial charge in [-0.2, -0.15) is 0 Å². The Labute approximate surface area is 116 Å². The van der Waals surface area contributed by atoms with Crippen LogP contribution in [0.15, 0.2) is 30.3 Å². The van der Waals surface area contributed by atoms with E-state index in [2.05, 4.69) is 10.1 Å². The zero-order valence-corrected chi connectivity index (χ0v) is 11.1. The standard InChI is InChI=1S/C14H17NO5/c1-20-14(19)11(7-8-13(17)18)15-12(16)9-10-5-3-2-4-6-10/h2-6,11H,7-9H2,1H3,(H,15,16)(H,17,18)/p-1/t11-/m0/s1. The van der Waals surface area contributed by atoms with Crippen LogP contribution in [0.5, 0.6) is 0 Å². The van der Waals surface area contributed by atoms with Gasteiger partial charge in [0.25, 0.3) is 0 Å². The Bertz CT molecular complexity index is 472. The summed E-state index contributed by atoms with van der Waals surface area (Å²) in [5.41, 5.74) is 0.800. The number of esters is 1. The highest BCUT2D eigenvalue weighted by Gasteiger charge is 2.21. The largest absolute Gasteiger partial charge is 0.550 e. The molecule has 6 nitrogen and oxygen atoms in total. The Morgan fingerprint density at radius 3 is 2.45 bits per heavy atom.